The summed E-state index contributed by atoms with van der Waals surface area (Å²) < 4.78 is 0. The molecular formula is C19H21N3O2. The zero-order valence-corrected chi connectivity index (χ0v) is 13.6. The van der Waals surface area contributed by atoms with Crippen molar-refractivity contribution in [2.45, 2.75) is 19.8 Å². The molecule has 2 atom stereocenters. The molecule has 2 unspecified atom stereocenters. The van der Waals surface area contributed by atoms with Crippen LogP contribution in [0.4, 0.5) is 5.69 Å². The van der Waals surface area contributed by atoms with E-state index in [0.717, 1.165) is 17.9 Å². The van der Waals surface area contributed by atoms with Crippen LogP contribution in [0.1, 0.15) is 18.4 Å². The first-order valence-electron chi connectivity index (χ1n) is 8.02. The smallest absolute Gasteiger partial charge is 0.252 e. The summed E-state index contributed by atoms with van der Waals surface area (Å²) in [6, 6.07) is 8.11. The number of amides is 1. The summed E-state index contributed by atoms with van der Waals surface area (Å²) >= 11 is 0. The molecule has 2 aliphatic rings. The van der Waals surface area contributed by atoms with Gasteiger partial charge in [0.15, 0.2) is 0 Å². The third-order valence-corrected chi connectivity index (χ3v) is 4.33. The maximum Gasteiger partial charge on any atom is 0.252 e. The van der Waals surface area contributed by atoms with Gasteiger partial charge in [-0.15, -0.1) is 0 Å². The normalized spacial score (nSPS) is 23.1. The Hall–Kier alpha value is -2.82. The summed E-state index contributed by atoms with van der Waals surface area (Å²) in [6.45, 7) is 2.05. The van der Waals surface area contributed by atoms with Gasteiger partial charge in [0.05, 0.1) is 5.57 Å². The minimum absolute atomic E-state index is 0.0229. The van der Waals surface area contributed by atoms with Gasteiger partial charge in [0, 0.05) is 11.9 Å². The average Bonchev–Trinajstić information content (AvgIpc) is 2.55. The summed E-state index contributed by atoms with van der Waals surface area (Å²) in [4.78, 5) is 15.8. The number of hydrogen-bond donors (Lipinski definition) is 3. The molecule has 5 heteroatoms. The number of primary amides is 1. The van der Waals surface area contributed by atoms with E-state index in [1.165, 1.54) is 5.56 Å². The van der Waals surface area contributed by atoms with E-state index < -0.39 is 5.91 Å². The maximum atomic E-state index is 11.4. The lowest BCUT2D eigenvalue weighted by Gasteiger charge is -2.26. The van der Waals surface area contributed by atoms with Crippen molar-refractivity contribution >= 4 is 17.8 Å². The SMILES string of the molecule is Cc1cccc(NC2=CC(C3C=C(C(N)=O)C(O)=CC3)CC=N2)c1. The van der Waals surface area contributed by atoms with Crippen LogP contribution in [0, 0.1) is 18.8 Å². The van der Waals surface area contributed by atoms with E-state index in [0.29, 0.717) is 6.42 Å². The van der Waals surface area contributed by atoms with Crippen LogP contribution in [0.3, 0.4) is 0 Å². The minimum Gasteiger partial charge on any atom is -0.507 e. The van der Waals surface area contributed by atoms with Crippen molar-refractivity contribution in [1.82, 2.24) is 0 Å². The number of aliphatic hydroxyl groups is 1. The molecular weight excluding hydrogens is 302 g/mol. The number of allylic oxidation sites excluding steroid dienone is 3. The van der Waals surface area contributed by atoms with E-state index in [9.17, 15) is 9.90 Å². The number of carbonyl (C=O) groups is 1. The van der Waals surface area contributed by atoms with E-state index in [-0.39, 0.29) is 23.2 Å². The highest BCUT2D eigenvalue weighted by atomic mass is 16.3. The van der Waals surface area contributed by atoms with Gasteiger partial charge in [-0.05, 0) is 61.4 Å². The summed E-state index contributed by atoms with van der Waals surface area (Å²) in [5.74, 6) is 0.493. The molecule has 124 valence electrons. The largest absolute Gasteiger partial charge is 0.507 e. The molecule has 1 aliphatic heterocycles. The van der Waals surface area contributed by atoms with Gasteiger partial charge >= 0.3 is 0 Å². The molecule has 0 aromatic heterocycles. The van der Waals surface area contributed by atoms with Crippen molar-refractivity contribution in [1.29, 1.82) is 0 Å². The van der Waals surface area contributed by atoms with E-state index >= 15 is 0 Å². The number of hydrogen-bond acceptors (Lipinski definition) is 4. The second-order valence-corrected chi connectivity index (χ2v) is 6.19. The second kappa shape index (κ2) is 6.74. The summed E-state index contributed by atoms with van der Waals surface area (Å²) in [5.41, 5.74) is 7.71. The molecule has 24 heavy (non-hydrogen) atoms. The second-order valence-electron chi connectivity index (χ2n) is 6.19. The fourth-order valence-corrected chi connectivity index (χ4v) is 3.06. The van der Waals surface area contributed by atoms with Gasteiger partial charge in [-0.2, -0.15) is 0 Å². The lowest BCUT2D eigenvalue weighted by molar-refractivity contribution is -0.114. The highest BCUT2D eigenvalue weighted by Crippen LogP contribution is 2.32. The van der Waals surface area contributed by atoms with Crippen LogP contribution in [-0.4, -0.2) is 17.2 Å². The number of nitrogens with two attached hydrogens (primary N) is 1. The van der Waals surface area contributed by atoms with Crippen molar-refractivity contribution in [3.05, 3.63) is 65.2 Å². The number of aryl methyl sites for hydroxylation is 1. The number of anilines is 1. The Kier molecular flexibility index (Phi) is 4.51. The molecule has 1 aromatic rings. The zero-order valence-electron chi connectivity index (χ0n) is 13.6. The van der Waals surface area contributed by atoms with Gasteiger partial charge in [0.2, 0.25) is 0 Å². The monoisotopic (exact) mass is 323 g/mol. The van der Waals surface area contributed by atoms with Gasteiger partial charge in [-0.25, -0.2) is 4.99 Å². The Morgan fingerprint density at radius 1 is 1.29 bits per heavy atom. The Morgan fingerprint density at radius 3 is 2.83 bits per heavy atom. The highest BCUT2D eigenvalue weighted by molar-refractivity contribution is 5.96. The first-order valence-corrected chi connectivity index (χ1v) is 8.02. The molecule has 1 aliphatic carbocycles. The summed E-state index contributed by atoms with van der Waals surface area (Å²) in [7, 11) is 0. The fourth-order valence-electron chi connectivity index (χ4n) is 3.06. The van der Waals surface area contributed by atoms with Crippen LogP contribution in [-0.2, 0) is 4.79 Å². The quantitative estimate of drug-likeness (QED) is 0.795. The summed E-state index contributed by atoms with van der Waals surface area (Å²) in [6.07, 6.45) is 8.88. The topological polar surface area (TPSA) is 87.7 Å². The van der Waals surface area contributed by atoms with Crippen LogP contribution in [0.2, 0.25) is 0 Å². The average molecular weight is 323 g/mol. The van der Waals surface area contributed by atoms with Crippen molar-refractivity contribution in [2.75, 3.05) is 5.32 Å². The highest BCUT2D eigenvalue weighted by Gasteiger charge is 2.25. The maximum absolute atomic E-state index is 11.4. The van der Waals surface area contributed by atoms with Crippen LogP contribution in [0.25, 0.3) is 0 Å². The lowest BCUT2D eigenvalue weighted by atomic mass is 9.81. The van der Waals surface area contributed by atoms with Gasteiger partial charge in [0.1, 0.15) is 11.6 Å². The number of carbonyl (C=O) groups excluding carboxylic acids is 1. The Bertz CT molecular complexity index is 775. The molecule has 1 aromatic carbocycles. The van der Waals surface area contributed by atoms with E-state index in [1.807, 2.05) is 31.3 Å². The Balaban J connectivity index is 1.77. The molecule has 5 nitrogen and oxygen atoms in total. The van der Waals surface area contributed by atoms with Crippen molar-refractivity contribution in [2.24, 2.45) is 22.6 Å². The van der Waals surface area contributed by atoms with Crippen molar-refractivity contribution in [3.8, 4) is 0 Å². The fraction of sp³-hybridized carbons (Fsp3) is 0.263. The third kappa shape index (κ3) is 3.56. The Morgan fingerprint density at radius 2 is 2.08 bits per heavy atom. The first kappa shape index (κ1) is 16.1. The predicted molar refractivity (Wildman–Crippen MR) is 95.6 cm³/mol. The minimum atomic E-state index is -0.597. The molecule has 1 amide bonds. The summed E-state index contributed by atoms with van der Waals surface area (Å²) in [5, 5.41) is 13.1. The molecule has 1 heterocycles. The number of aliphatic hydroxyl groups excluding tert-OH is 1. The van der Waals surface area contributed by atoms with Crippen molar-refractivity contribution in [3.63, 3.8) is 0 Å². The van der Waals surface area contributed by atoms with E-state index in [4.69, 9.17) is 5.73 Å². The Labute approximate surface area is 141 Å². The molecule has 0 bridgehead atoms. The molecule has 0 radical (unpaired) electrons. The van der Waals surface area contributed by atoms with Crippen LogP contribution < -0.4 is 11.1 Å². The third-order valence-electron chi connectivity index (χ3n) is 4.33. The van der Waals surface area contributed by atoms with Gasteiger partial charge < -0.3 is 16.2 Å². The zero-order chi connectivity index (χ0) is 17.1. The van der Waals surface area contributed by atoms with Crippen molar-refractivity contribution < 1.29 is 9.90 Å². The number of aliphatic imine (C=N–C) groups is 1. The molecule has 4 N–H and O–H groups in total. The molecule has 0 saturated carbocycles. The number of nitrogens with zero attached hydrogens (tertiary/aromatic N) is 1. The van der Waals surface area contributed by atoms with E-state index in [1.54, 1.807) is 12.2 Å². The molecule has 0 spiro atoms. The molecule has 0 fully saturated rings. The van der Waals surface area contributed by atoms with Crippen LogP contribution >= 0.6 is 0 Å². The molecule has 3 rings (SSSR count). The first-order chi connectivity index (χ1) is 11.5. The van der Waals surface area contributed by atoms with Gasteiger partial charge in [0.25, 0.3) is 5.91 Å². The van der Waals surface area contributed by atoms with E-state index in [2.05, 4.69) is 22.5 Å². The van der Waals surface area contributed by atoms with Crippen LogP contribution in [0.5, 0.6) is 0 Å². The molecule has 0 saturated heterocycles. The number of nitrogens with one attached hydrogen (secondary N) is 1. The predicted octanol–water partition coefficient (Wildman–Crippen LogP) is 3.21. The van der Waals surface area contributed by atoms with Crippen LogP contribution in [0.15, 0.2) is 64.6 Å². The number of benzene rings is 1. The lowest BCUT2D eigenvalue weighted by Crippen LogP contribution is -2.23. The standard InChI is InChI=1S/C19H21N3O2/c1-12-3-2-4-15(9-12)22-18-11-14(7-8-21-18)13-5-6-17(23)16(10-13)19(20)24/h2-4,6,8-11,13-14,22-23H,5,7H2,1H3,(H2,20,24). The number of rotatable bonds is 4. The van der Waals surface area contributed by atoms with Gasteiger partial charge in [-0.3, -0.25) is 4.79 Å². The van der Waals surface area contributed by atoms with Gasteiger partial charge in [-0.1, -0.05) is 18.2 Å².